The van der Waals surface area contributed by atoms with Gasteiger partial charge < -0.3 is 9.53 Å². The van der Waals surface area contributed by atoms with E-state index >= 15 is 0 Å². The zero-order valence-corrected chi connectivity index (χ0v) is 9.58. The fraction of sp³-hybridized carbons (Fsp3) is 0.429. The summed E-state index contributed by atoms with van der Waals surface area (Å²) >= 11 is 0. The Bertz CT molecular complexity index is 404. The second kappa shape index (κ2) is 5.60. The van der Waals surface area contributed by atoms with Gasteiger partial charge in [0.15, 0.2) is 0 Å². The van der Waals surface area contributed by atoms with Crippen molar-refractivity contribution in [1.29, 1.82) is 5.26 Å². The first-order chi connectivity index (χ1) is 8.33. The Balaban J connectivity index is 1.71. The number of nitrogens with zero attached hydrogens (tertiary/aromatic N) is 1. The van der Waals surface area contributed by atoms with Crippen LogP contribution in [0.2, 0.25) is 0 Å². The van der Waals surface area contributed by atoms with Crippen LogP contribution in [0.5, 0.6) is 0 Å². The summed E-state index contributed by atoms with van der Waals surface area (Å²) in [5.74, 6) is -0.259. The summed E-state index contributed by atoms with van der Waals surface area (Å²) in [6, 6.07) is 12.0. The highest BCUT2D eigenvalue weighted by molar-refractivity contribution is 5.58. The highest BCUT2D eigenvalue weighted by atomic mass is 16.5. The molecule has 0 aromatic heterocycles. The molecule has 1 saturated carbocycles. The van der Waals surface area contributed by atoms with E-state index in [1.54, 1.807) is 0 Å². The van der Waals surface area contributed by atoms with E-state index in [1.165, 1.54) is 0 Å². The molecule has 0 heterocycles. The lowest BCUT2D eigenvalue weighted by Gasteiger charge is -2.36. The monoisotopic (exact) mass is 229 g/mol. The third-order valence-corrected chi connectivity index (χ3v) is 3.26. The lowest BCUT2D eigenvalue weighted by atomic mass is 9.75. The predicted molar refractivity (Wildman–Crippen MR) is 62.9 cm³/mol. The minimum absolute atomic E-state index is 0.193. The first kappa shape index (κ1) is 11.8. The molecule has 0 bridgehead atoms. The van der Waals surface area contributed by atoms with Crippen LogP contribution < -0.4 is 0 Å². The van der Waals surface area contributed by atoms with Crippen LogP contribution in [0.4, 0.5) is 0 Å². The lowest BCUT2D eigenvalue weighted by molar-refractivity contribution is -0.114. The summed E-state index contributed by atoms with van der Waals surface area (Å²) < 4.78 is 5.71. The summed E-state index contributed by atoms with van der Waals surface area (Å²) in [5, 5.41) is 8.73. The molecule has 0 radical (unpaired) electrons. The Morgan fingerprint density at radius 1 is 1.41 bits per heavy atom. The van der Waals surface area contributed by atoms with E-state index in [1.807, 2.05) is 36.4 Å². The Kier molecular flexibility index (Phi) is 3.89. The number of ether oxygens (including phenoxy) is 1. The second-order valence-corrected chi connectivity index (χ2v) is 4.44. The summed E-state index contributed by atoms with van der Waals surface area (Å²) in [6.07, 6.45) is 2.60. The molecule has 0 aliphatic heterocycles. The number of carbonyl (C=O) groups excluding carboxylic acids is 1. The predicted octanol–water partition coefficient (Wildman–Crippen LogP) is 2.32. The number of nitriles is 1. The Morgan fingerprint density at radius 2 is 2.12 bits per heavy atom. The molecule has 0 saturated heterocycles. The molecule has 1 aliphatic carbocycles. The van der Waals surface area contributed by atoms with Gasteiger partial charge in [0, 0.05) is 0 Å². The normalized spacial score (nSPS) is 24.4. The van der Waals surface area contributed by atoms with Gasteiger partial charge >= 0.3 is 0 Å². The molecule has 1 unspecified atom stereocenters. The number of hydrogen-bond donors (Lipinski definition) is 0. The second-order valence-electron chi connectivity index (χ2n) is 4.44. The SMILES string of the molecule is N#CC(C=O)C1CC(OCc2ccccc2)C1. The first-order valence-corrected chi connectivity index (χ1v) is 5.84. The molecule has 3 heteroatoms. The Labute approximate surface area is 101 Å². The molecule has 1 atom stereocenters. The fourth-order valence-corrected chi connectivity index (χ4v) is 2.07. The van der Waals surface area contributed by atoms with Crippen molar-refractivity contribution < 1.29 is 9.53 Å². The summed E-state index contributed by atoms with van der Waals surface area (Å²) in [5.41, 5.74) is 1.16. The topological polar surface area (TPSA) is 50.1 Å². The summed E-state index contributed by atoms with van der Waals surface area (Å²) in [6.45, 7) is 0.608. The summed E-state index contributed by atoms with van der Waals surface area (Å²) in [4.78, 5) is 10.6. The quantitative estimate of drug-likeness (QED) is 0.728. The molecule has 1 aromatic rings. The van der Waals surface area contributed by atoms with Crippen LogP contribution in [0.1, 0.15) is 18.4 Å². The van der Waals surface area contributed by atoms with Gasteiger partial charge in [-0.25, -0.2) is 0 Å². The number of benzene rings is 1. The van der Waals surface area contributed by atoms with E-state index in [2.05, 4.69) is 0 Å². The van der Waals surface area contributed by atoms with Gasteiger partial charge in [-0.1, -0.05) is 30.3 Å². The maximum atomic E-state index is 10.6. The van der Waals surface area contributed by atoms with Crippen molar-refractivity contribution in [2.45, 2.75) is 25.6 Å². The van der Waals surface area contributed by atoms with Crippen LogP contribution in [0.3, 0.4) is 0 Å². The van der Waals surface area contributed by atoms with Crippen molar-refractivity contribution >= 4 is 6.29 Å². The van der Waals surface area contributed by atoms with E-state index in [0.717, 1.165) is 24.7 Å². The number of aldehydes is 1. The van der Waals surface area contributed by atoms with Gasteiger partial charge in [0.1, 0.15) is 12.2 Å². The van der Waals surface area contributed by atoms with E-state index < -0.39 is 5.92 Å². The van der Waals surface area contributed by atoms with Crippen molar-refractivity contribution in [3.8, 4) is 6.07 Å². The Hall–Kier alpha value is -1.66. The lowest BCUT2D eigenvalue weighted by Crippen LogP contribution is -2.36. The molecule has 1 aliphatic rings. The molecule has 1 aromatic carbocycles. The van der Waals surface area contributed by atoms with E-state index in [4.69, 9.17) is 10.00 Å². The molecule has 0 N–H and O–H groups in total. The largest absolute Gasteiger partial charge is 0.374 e. The zero-order valence-electron chi connectivity index (χ0n) is 9.58. The number of rotatable bonds is 5. The van der Waals surface area contributed by atoms with E-state index in [9.17, 15) is 4.79 Å². The Morgan fingerprint density at radius 3 is 2.71 bits per heavy atom. The molecular formula is C14H15NO2. The van der Waals surface area contributed by atoms with Gasteiger partial charge in [-0.05, 0) is 24.3 Å². The molecule has 0 spiro atoms. The van der Waals surface area contributed by atoms with Gasteiger partial charge in [0.05, 0.1) is 18.8 Å². The summed E-state index contributed by atoms with van der Waals surface area (Å²) in [7, 11) is 0. The zero-order chi connectivity index (χ0) is 12.1. The van der Waals surface area contributed by atoms with Gasteiger partial charge in [0.2, 0.25) is 0 Å². The maximum Gasteiger partial charge on any atom is 0.137 e. The van der Waals surface area contributed by atoms with Crippen LogP contribution in [0.25, 0.3) is 0 Å². The molecule has 0 amide bonds. The molecular weight excluding hydrogens is 214 g/mol. The van der Waals surface area contributed by atoms with Gasteiger partial charge in [-0.2, -0.15) is 5.26 Å². The van der Waals surface area contributed by atoms with E-state index in [0.29, 0.717) is 6.61 Å². The average Bonchev–Trinajstić information content (AvgIpc) is 2.33. The smallest absolute Gasteiger partial charge is 0.137 e. The molecule has 2 rings (SSSR count). The van der Waals surface area contributed by atoms with Crippen molar-refractivity contribution in [3.63, 3.8) is 0 Å². The highest BCUT2D eigenvalue weighted by Crippen LogP contribution is 2.35. The molecule has 1 fully saturated rings. The van der Waals surface area contributed by atoms with Crippen LogP contribution in [0, 0.1) is 23.2 Å². The van der Waals surface area contributed by atoms with Crippen LogP contribution >= 0.6 is 0 Å². The molecule has 3 nitrogen and oxygen atoms in total. The number of hydrogen-bond acceptors (Lipinski definition) is 3. The minimum atomic E-state index is -0.452. The highest BCUT2D eigenvalue weighted by Gasteiger charge is 2.35. The van der Waals surface area contributed by atoms with Gasteiger partial charge in [-0.15, -0.1) is 0 Å². The third kappa shape index (κ3) is 2.92. The van der Waals surface area contributed by atoms with Crippen molar-refractivity contribution in [1.82, 2.24) is 0 Å². The van der Waals surface area contributed by atoms with Crippen molar-refractivity contribution in [2.24, 2.45) is 11.8 Å². The molecule has 88 valence electrons. The average molecular weight is 229 g/mol. The van der Waals surface area contributed by atoms with Gasteiger partial charge in [-0.3, -0.25) is 0 Å². The van der Waals surface area contributed by atoms with Crippen LogP contribution in [-0.2, 0) is 16.1 Å². The number of carbonyl (C=O) groups is 1. The standard InChI is InChI=1S/C14H15NO2/c15-8-13(9-16)12-6-14(7-12)17-10-11-4-2-1-3-5-11/h1-5,9,12-14H,6-7,10H2. The van der Waals surface area contributed by atoms with E-state index in [-0.39, 0.29) is 12.0 Å². The molecule has 17 heavy (non-hydrogen) atoms. The van der Waals surface area contributed by atoms with Crippen LogP contribution in [-0.4, -0.2) is 12.4 Å². The van der Waals surface area contributed by atoms with Crippen LogP contribution in [0.15, 0.2) is 30.3 Å². The minimum Gasteiger partial charge on any atom is -0.374 e. The fourth-order valence-electron chi connectivity index (χ4n) is 2.07. The van der Waals surface area contributed by atoms with Crippen molar-refractivity contribution in [3.05, 3.63) is 35.9 Å². The third-order valence-electron chi connectivity index (χ3n) is 3.26. The van der Waals surface area contributed by atoms with Gasteiger partial charge in [0.25, 0.3) is 0 Å². The van der Waals surface area contributed by atoms with Crippen molar-refractivity contribution in [2.75, 3.05) is 0 Å². The maximum absolute atomic E-state index is 10.6. The first-order valence-electron chi connectivity index (χ1n) is 5.84.